The summed E-state index contributed by atoms with van der Waals surface area (Å²) in [6, 6.07) is 5.95. The van der Waals surface area contributed by atoms with E-state index >= 15 is 0 Å². The molecule has 0 spiro atoms. The molecule has 1 aliphatic rings. The first-order valence-corrected chi connectivity index (χ1v) is 6.03. The van der Waals surface area contributed by atoms with E-state index in [1.807, 2.05) is 45.0 Å². The fraction of sp³-hybridized carbons (Fsp3) is 0.400. The molecule has 1 aliphatic carbocycles. The van der Waals surface area contributed by atoms with Crippen LogP contribution in [0, 0.1) is 12.8 Å². The largest absolute Gasteiger partial charge is 0.426 e. The maximum absolute atomic E-state index is 11.7. The lowest BCUT2D eigenvalue weighted by Crippen LogP contribution is -2.10. The minimum Gasteiger partial charge on any atom is -0.426 e. The Bertz CT molecular complexity index is 464. The van der Waals surface area contributed by atoms with Crippen molar-refractivity contribution in [1.82, 2.24) is 0 Å². The van der Waals surface area contributed by atoms with Gasteiger partial charge in [-0.05, 0) is 45.2 Å². The molecule has 2 rings (SSSR count). The molecular formula is C15H18O2. The number of carbonyl (C=O) groups excluding carboxylic acids is 1. The Labute approximate surface area is 102 Å². The van der Waals surface area contributed by atoms with E-state index in [9.17, 15) is 4.79 Å². The Morgan fingerprint density at radius 1 is 1.35 bits per heavy atom. The number of hydrogen-bond donors (Lipinski definition) is 0. The third kappa shape index (κ3) is 3.19. The molecule has 0 radical (unpaired) electrons. The van der Waals surface area contributed by atoms with E-state index in [-0.39, 0.29) is 11.9 Å². The highest BCUT2D eigenvalue weighted by atomic mass is 16.5. The lowest BCUT2D eigenvalue weighted by atomic mass is 10.1. The van der Waals surface area contributed by atoms with Gasteiger partial charge < -0.3 is 4.74 Å². The lowest BCUT2D eigenvalue weighted by molar-refractivity contribution is -0.135. The van der Waals surface area contributed by atoms with Crippen molar-refractivity contribution in [3.8, 4) is 5.75 Å². The molecular weight excluding hydrogens is 212 g/mol. The van der Waals surface area contributed by atoms with Crippen molar-refractivity contribution in [3.05, 3.63) is 34.9 Å². The van der Waals surface area contributed by atoms with E-state index in [0.29, 0.717) is 5.75 Å². The van der Waals surface area contributed by atoms with Crippen LogP contribution in [0.2, 0.25) is 0 Å². The van der Waals surface area contributed by atoms with Gasteiger partial charge in [-0.2, -0.15) is 0 Å². The predicted molar refractivity (Wildman–Crippen MR) is 68.9 cm³/mol. The topological polar surface area (TPSA) is 26.3 Å². The van der Waals surface area contributed by atoms with Crippen LogP contribution >= 0.6 is 0 Å². The average molecular weight is 230 g/mol. The zero-order valence-electron chi connectivity index (χ0n) is 10.6. The minimum absolute atomic E-state index is 0.0843. The Morgan fingerprint density at radius 3 is 2.65 bits per heavy atom. The number of allylic oxidation sites excluding steroid dienone is 1. The number of hydrogen-bond acceptors (Lipinski definition) is 2. The number of carbonyl (C=O) groups is 1. The lowest BCUT2D eigenvalue weighted by Gasteiger charge is -2.08. The van der Waals surface area contributed by atoms with Crippen molar-refractivity contribution < 1.29 is 9.53 Å². The van der Waals surface area contributed by atoms with E-state index in [1.165, 1.54) is 5.57 Å². The molecule has 17 heavy (non-hydrogen) atoms. The summed E-state index contributed by atoms with van der Waals surface area (Å²) in [6.45, 7) is 6.07. The monoisotopic (exact) mass is 230 g/mol. The molecule has 0 heterocycles. The van der Waals surface area contributed by atoms with Crippen molar-refractivity contribution >= 4 is 12.0 Å². The minimum atomic E-state index is -0.0843. The number of ether oxygens (including phenoxy) is 1. The molecule has 0 N–H and O–H groups in total. The molecule has 0 bridgehead atoms. The normalized spacial score (nSPS) is 14.3. The van der Waals surface area contributed by atoms with Crippen LogP contribution in [0.4, 0.5) is 0 Å². The highest BCUT2D eigenvalue weighted by Crippen LogP contribution is 2.32. The number of esters is 1. The second-order valence-corrected chi connectivity index (χ2v) is 4.96. The summed E-state index contributed by atoms with van der Waals surface area (Å²) in [7, 11) is 0. The van der Waals surface area contributed by atoms with Crippen molar-refractivity contribution in [1.29, 1.82) is 0 Å². The molecule has 2 heteroatoms. The van der Waals surface area contributed by atoms with E-state index in [2.05, 4.69) is 0 Å². The highest BCUT2D eigenvalue weighted by Gasteiger charge is 2.31. The quantitative estimate of drug-likeness (QED) is 0.584. The first-order valence-electron chi connectivity index (χ1n) is 6.03. The molecule has 1 saturated carbocycles. The molecule has 0 saturated heterocycles. The average Bonchev–Trinajstić information content (AvgIpc) is 3.05. The molecule has 0 aliphatic heterocycles. The van der Waals surface area contributed by atoms with Gasteiger partial charge >= 0.3 is 5.97 Å². The third-order valence-corrected chi connectivity index (χ3v) is 2.73. The van der Waals surface area contributed by atoms with Crippen LogP contribution in [0.25, 0.3) is 6.08 Å². The zero-order valence-corrected chi connectivity index (χ0v) is 10.6. The second-order valence-electron chi connectivity index (χ2n) is 4.96. The van der Waals surface area contributed by atoms with Gasteiger partial charge in [0.05, 0.1) is 5.92 Å². The fourth-order valence-electron chi connectivity index (χ4n) is 1.67. The standard InChI is InChI=1S/C15H18O2/c1-10(2)8-13-5-4-11(3)9-14(13)17-15(16)12-6-7-12/h4-5,8-9,12H,6-7H2,1-3H3. The molecule has 1 fully saturated rings. The third-order valence-electron chi connectivity index (χ3n) is 2.73. The van der Waals surface area contributed by atoms with Crippen LogP contribution in [0.1, 0.15) is 37.8 Å². The number of rotatable bonds is 3. The molecule has 0 atom stereocenters. The van der Waals surface area contributed by atoms with E-state index < -0.39 is 0 Å². The summed E-state index contributed by atoms with van der Waals surface area (Å²) < 4.78 is 5.47. The van der Waals surface area contributed by atoms with Crippen molar-refractivity contribution in [3.63, 3.8) is 0 Å². The van der Waals surface area contributed by atoms with Gasteiger partial charge in [-0.3, -0.25) is 4.79 Å². The Hall–Kier alpha value is -1.57. The van der Waals surface area contributed by atoms with E-state index in [1.54, 1.807) is 0 Å². The van der Waals surface area contributed by atoms with Crippen molar-refractivity contribution in [2.45, 2.75) is 33.6 Å². The van der Waals surface area contributed by atoms with Crippen LogP contribution in [0.15, 0.2) is 23.8 Å². The van der Waals surface area contributed by atoms with Crippen LogP contribution in [0.3, 0.4) is 0 Å². The Balaban J connectivity index is 2.25. The smallest absolute Gasteiger partial charge is 0.314 e. The number of benzene rings is 1. The van der Waals surface area contributed by atoms with Crippen LogP contribution < -0.4 is 4.74 Å². The van der Waals surface area contributed by atoms with Gasteiger partial charge in [0.2, 0.25) is 0 Å². The maximum atomic E-state index is 11.7. The van der Waals surface area contributed by atoms with Gasteiger partial charge in [-0.25, -0.2) is 0 Å². The van der Waals surface area contributed by atoms with Gasteiger partial charge in [0.15, 0.2) is 0 Å². The summed E-state index contributed by atoms with van der Waals surface area (Å²) in [5.41, 5.74) is 3.27. The molecule has 90 valence electrons. The molecule has 0 unspecified atom stereocenters. The summed E-state index contributed by atoms with van der Waals surface area (Å²) in [6.07, 6.45) is 3.99. The van der Waals surface area contributed by atoms with E-state index in [0.717, 1.165) is 24.0 Å². The molecule has 1 aromatic carbocycles. The predicted octanol–water partition coefficient (Wildman–Crippen LogP) is 3.73. The maximum Gasteiger partial charge on any atom is 0.314 e. The molecule has 1 aromatic rings. The van der Waals surface area contributed by atoms with Gasteiger partial charge in [0, 0.05) is 5.56 Å². The zero-order chi connectivity index (χ0) is 12.4. The molecule has 0 aromatic heterocycles. The summed E-state index contributed by atoms with van der Waals surface area (Å²) in [5, 5.41) is 0. The first kappa shape index (κ1) is 11.9. The first-order chi connectivity index (χ1) is 8.06. The number of aryl methyl sites for hydroxylation is 1. The van der Waals surface area contributed by atoms with Crippen LogP contribution in [-0.2, 0) is 4.79 Å². The summed E-state index contributed by atoms with van der Waals surface area (Å²) in [5.74, 6) is 0.733. The second kappa shape index (κ2) is 4.74. The Morgan fingerprint density at radius 2 is 2.06 bits per heavy atom. The molecule has 2 nitrogen and oxygen atoms in total. The van der Waals surface area contributed by atoms with Gasteiger partial charge in [-0.15, -0.1) is 0 Å². The van der Waals surface area contributed by atoms with E-state index in [4.69, 9.17) is 4.74 Å². The van der Waals surface area contributed by atoms with Gasteiger partial charge in [-0.1, -0.05) is 23.8 Å². The van der Waals surface area contributed by atoms with Crippen molar-refractivity contribution in [2.75, 3.05) is 0 Å². The summed E-state index contributed by atoms with van der Waals surface area (Å²) >= 11 is 0. The van der Waals surface area contributed by atoms with Gasteiger partial charge in [0.25, 0.3) is 0 Å². The fourth-order valence-corrected chi connectivity index (χ4v) is 1.67. The Kier molecular flexibility index (Phi) is 3.32. The summed E-state index contributed by atoms with van der Waals surface area (Å²) in [4.78, 5) is 11.7. The van der Waals surface area contributed by atoms with Crippen molar-refractivity contribution in [2.24, 2.45) is 5.92 Å². The molecule has 0 amide bonds. The van der Waals surface area contributed by atoms with Crippen LogP contribution in [-0.4, -0.2) is 5.97 Å². The SMILES string of the molecule is CC(C)=Cc1ccc(C)cc1OC(=O)C1CC1. The van der Waals surface area contributed by atoms with Crippen LogP contribution in [0.5, 0.6) is 5.75 Å². The van der Waals surface area contributed by atoms with Gasteiger partial charge in [0.1, 0.15) is 5.75 Å². The highest BCUT2D eigenvalue weighted by molar-refractivity contribution is 5.78.